The van der Waals surface area contributed by atoms with Gasteiger partial charge < -0.3 is 10.2 Å². The lowest BCUT2D eigenvalue weighted by molar-refractivity contribution is -0.894. The summed E-state index contributed by atoms with van der Waals surface area (Å²) in [5.74, 6) is 0.774. The van der Waals surface area contributed by atoms with Crippen molar-refractivity contribution in [2.24, 2.45) is 0 Å². The van der Waals surface area contributed by atoms with Crippen LogP contribution in [-0.4, -0.2) is 51.1 Å². The average molecular weight is 264 g/mol. The topological polar surface area (TPSA) is 73.0 Å². The second-order valence-electron chi connectivity index (χ2n) is 4.43. The molecule has 0 radical (unpaired) electrons. The average Bonchev–Trinajstić information content (AvgIpc) is 2.87. The highest BCUT2D eigenvalue weighted by Gasteiger charge is 2.10. The molecule has 0 bridgehead atoms. The molecule has 7 nitrogen and oxygen atoms in total. The van der Waals surface area contributed by atoms with Crippen molar-refractivity contribution in [3.05, 3.63) is 6.33 Å². The molecule has 0 fully saturated rings. The molecule has 2 aromatic rings. The van der Waals surface area contributed by atoms with E-state index in [1.807, 2.05) is 6.92 Å². The van der Waals surface area contributed by atoms with E-state index >= 15 is 0 Å². The Kier molecular flexibility index (Phi) is 4.62. The summed E-state index contributed by atoms with van der Waals surface area (Å²) in [6, 6.07) is 0. The van der Waals surface area contributed by atoms with Crippen LogP contribution in [0.4, 0.5) is 5.82 Å². The van der Waals surface area contributed by atoms with Gasteiger partial charge in [-0.1, -0.05) is 5.21 Å². The number of anilines is 1. The molecule has 0 saturated heterocycles. The van der Waals surface area contributed by atoms with E-state index in [0.717, 1.165) is 49.7 Å². The maximum atomic E-state index is 4.26. The van der Waals surface area contributed by atoms with Crippen molar-refractivity contribution in [1.29, 1.82) is 0 Å². The third-order valence-electron chi connectivity index (χ3n) is 3.37. The molecule has 2 aromatic heterocycles. The molecule has 0 aromatic carbocycles. The lowest BCUT2D eigenvalue weighted by Crippen LogP contribution is -3.12. The molecule has 0 aliphatic rings. The Morgan fingerprint density at radius 3 is 2.68 bits per heavy atom. The van der Waals surface area contributed by atoms with Crippen molar-refractivity contribution < 1.29 is 4.90 Å². The zero-order valence-electron chi connectivity index (χ0n) is 11.8. The number of rotatable bonds is 7. The van der Waals surface area contributed by atoms with Gasteiger partial charge in [-0.15, -0.1) is 5.10 Å². The van der Waals surface area contributed by atoms with Crippen molar-refractivity contribution in [3.63, 3.8) is 0 Å². The lowest BCUT2D eigenvalue weighted by Gasteiger charge is -2.15. The highest BCUT2D eigenvalue weighted by Crippen LogP contribution is 2.14. The zero-order chi connectivity index (χ0) is 13.7. The first-order valence-corrected chi connectivity index (χ1v) is 6.91. The number of fused-ring (bicyclic) bond motifs is 1. The van der Waals surface area contributed by atoms with Crippen LogP contribution in [0.25, 0.3) is 11.2 Å². The Bertz CT molecular complexity index is 518. The third kappa shape index (κ3) is 2.98. The number of aryl methyl sites for hydroxylation is 1. The third-order valence-corrected chi connectivity index (χ3v) is 3.37. The van der Waals surface area contributed by atoms with E-state index in [-0.39, 0.29) is 0 Å². The molecule has 19 heavy (non-hydrogen) atoms. The Morgan fingerprint density at radius 1 is 1.21 bits per heavy atom. The van der Waals surface area contributed by atoms with E-state index in [1.54, 1.807) is 15.9 Å². The summed E-state index contributed by atoms with van der Waals surface area (Å²) in [6.07, 6.45) is 1.56. The number of likely N-dealkylation sites (N-methyl/N-ethyl adjacent to an activating group) is 1. The van der Waals surface area contributed by atoms with Crippen LogP contribution in [0.15, 0.2) is 6.33 Å². The Morgan fingerprint density at radius 2 is 2.00 bits per heavy atom. The highest BCUT2D eigenvalue weighted by atomic mass is 15.4. The van der Waals surface area contributed by atoms with Gasteiger partial charge in [0.05, 0.1) is 26.2 Å². The van der Waals surface area contributed by atoms with E-state index in [9.17, 15) is 0 Å². The van der Waals surface area contributed by atoms with Crippen LogP contribution >= 0.6 is 0 Å². The van der Waals surface area contributed by atoms with E-state index in [2.05, 4.69) is 39.4 Å². The van der Waals surface area contributed by atoms with Crippen LogP contribution in [0, 0.1) is 0 Å². The van der Waals surface area contributed by atoms with Gasteiger partial charge in [-0.3, -0.25) is 0 Å². The van der Waals surface area contributed by atoms with Crippen molar-refractivity contribution in [1.82, 2.24) is 25.0 Å². The largest absolute Gasteiger partial charge is 0.362 e. The predicted octanol–water partition coefficient (Wildman–Crippen LogP) is -0.422. The van der Waals surface area contributed by atoms with E-state index in [4.69, 9.17) is 0 Å². The molecule has 7 heteroatoms. The first-order chi connectivity index (χ1) is 9.30. The first-order valence-electron chi connectivity index (χ1n) is 6.91. The van der Waals surface area contributed by atoms with Crippen LogP contribution in [0.3, 0.4) is 0 Å². The first kappa shape index (κ1) is 13.7. The summed E-state index contributed by atoms with van der Waals surface area (Å²) in [5, 5.41) is 11.6. The van der Waals surface area contributed by atoms with Gasteiger partial charge in [0.1, 0.15) is 6.33 Å². The number of hydrogen-bond acceptors (Lipinski definition) is 5. The SMILES string of the molecule is CCn1nnc2c(NCC[NH+](CC)CC)ncnc21. The van der Waals surface area contributed by atoms with Crippen molar-refractivity contribution in [3.8, 4) is 0 Å². The fraction of sp³-hybridized carbons (Fsp3) is 0.667. The summed E-state index contributed by atoms with van der Waals surface area (Å²) >= 11 is 0. The molecule has 2 N–H and O–H groups in total. The van der Waals surface area contributed by atoms with Gasteiger partial charge in [0.15, 0.2) is 17.0 Å². The van der Waals surface area contributed by atoms with Crippen LogP contribution in [-0.2, 0) is 6.54 Å². The molecule has 0 aliphatic heterocycles. The van der Waals surface area contributed by atoms with Crippen molar-refractivity contribution in [2.45, 2.75) is 27.3 Å². The van der Waals surface area contributed by atoms with E-state index in [0.29, 0.717) is 0 Å². The number of nitrogens with one attached hydrogen (secondary N) is 2. The number of quaternary nitrogens is 1. The molecule has 2 rings (SSSR count). The Balaban J connectivity index is 2.06. The standard InChI is InChI=1S/C12H21N7/c1-4-18(5-2)8-7-13-11-10-12(15-9-14-11)19(6-3)17-16-10/h9H,4-8H2,1-3H3,(H,13,14,15)/p+1. The zero-order valence-corrected chi connectivity index (χ0v) is 11.8. The predicted molar refractivity (Wildman–Crippen MR) is 74.2 cm³/mol. The Labute approximate surface area is 113 Å². The molecular formula is C12H22N7+. The van der Waals surface area contributed by atoms with Gasteiger partial charge in [0.2, 0.25) is 0 Å². The van der Waals surface area contributed by atoms with Gasteiger partial charge in [-0.05, 0) is 20.8 Å². The van der Waals surface area contributed by atoms with Crippen molar-refractivity contribution in [2.75, 3.05) is 31.5 Å². The summed E-state index contributed by atoms with van der Waals surface area (Å²) < 4.78 is 1.78. The van der Waals surface area contributed by atoms with Gasteiger partial charge >= 0.3 is 0 Å². The second-order valence-corrected chi connectivity index (χ2v) is 4.43. The molecule has 2 heterocycles. The minimum atomic E-state index is 0.749. The molecule has 0 saturated carbocycles. The summed E-state index contributed by atoms with van der Waals surface area (Å²) in [6.45, 7) is 11.4. The van der Waals surface area contributed by atoms with Crippen LogP contribution in [0.5, 0.6) is 0 Å². The van der Waals surface area contributed by atoms with Gasteiger partial charge in [-0.2, -0.15) is 0 Å². The number of nitrogens with zero attached hydrogens (tertiary/aromatic N) is 5. The van der Waals surface area contributed by atoms with Crippen LogP contribution < -0.4 is 10.2 Å². The van der Waals surface area contributed by atoms with Crippen LogP contribution in [0.2, 0.25) is 0 Å². The molecule has 0 aliphatic carbocycles. The number of aromatic nitrogens is 5. The highest BCUT2D eigenvalue weighted by molar-refractivity contribution is 5.81. The molecule has 104 valence electrons. The lowest BCUT2D eigenvalue weighted by atomic mass is 10.4. The summed E-state index contributed by atoms with van der Waals surface area (Å²) in [7, 11) is 0. The molecule has 0 atom stereocenters. The fourth-order valence-electron chi connectivity index (χ4n) is 2.10. The summed E-state index contributed by atoms with van der Waals surface area (Å²) in [4.78, 5) is 10.1. The monoisotopic (exact) mass is 264 g/mol. The maximum Gasteiger partial charge on any atom is 0.183 e. The van der Waals surface area contributed by atoms with Gasteiger partial charge in [-0.25, -0.2) is 14.6 Å². The van der Waals surface area contributed by atoms with Gasteiger partial charge in [0, 0.05) is 6.54 Å². The molecule has 0 spiro atoms. The van der Waals surface area contributed by atoms with Gasteiger partial charge in [0.25, 0.3) is 0 Å². The van der Waals surface area contributed by atoms with E-state index < -0.39 is 0 Å². The molecular weight excluding hydrogens is 242 g/mol. The molecule has 0 amide bonds. The quantitative estimate of drug-likeness (QED) is 0.710. The van der Waals surface area contributed by atoms with E-state index in [1.165, 1.54) is 0 Å². The maximum absolute atomic E-state index is 4.26. The Hall–Kier alpha value is -1.76. The van der Waals surface area contributed by atoms with Crippen molar-refractivity contribution >= 4 is 17.0 Å². The second kappa shape index (κ2) is 6.42. The normalized spacial score (nSPS) is 11.4. The minimum absolute atomic E-state index is 0.749. The summed E-state index contributed by atoms with van der Waals surface area (Å²) in [5.41, 5.74) is 1.54. The van der Waals surface area contributed by atoms with Crippen LogP contribution in [0.1, 0.15) is 20.8 Å². The number of hydrogen-bond donors (Lipinski definition) is 2. The smallest absolute Gasteiger partial charge is 0.183 e. The molecule has 0 unspecified atom stereocenters. The fourth-order valence-corrected chi connectivity index (χ4v) is 2.10. The minimum Gasteiger partial charge on any atom is -0.362 e.